The van der Waals surface area contributed by atoms with Gasteiger partial charge in [0.1, 0.15) is 17.1 Å². The summed E-state index contributed by atoms with van der Waals surface area (Å²) in [5, 5.41) is 9.04. The molecule has 2 aromatic carbocycles. The van der Waals surface area contributed by atoms with Gasteiger partial charge in [0, 0.05) is 11.4 Å². The van der Waals surface area contributed by atoms with Crippen LogP contribution >= 0.6 is 0 Å². The topological polar surface area (TPSA) is 84.2 Å². The third-order valence-corrected chi connectivity index (χ3v) is 3.70. The van der Waals surface area contributed by atoms with E-state index in [1.165, 1.54) is 18.3 Å². The van der Waals surface area contributed by atoms with Crippen LogP contribution in [0.15, 0.2) is 59.3 Å². The molecular weight excluding hydrogens is 337 g/mol. The van der Waals surface area contributed by atoms with Gasteiger partial charge < -0.3 is 15.2 Å². The zero-order chi connectivity index (χ0) is 18.5. The smallest absolute Gasteiger partial charge is 0.260 e. The Morgan fingerprint density at radius 2 is 1.62 bits per heavy atom. The van der Waals surface area contributed by atoms with Crippen molar-refractivity contribution in [3.8, 4) is 0 Å². The van der Waals surface area contributed by atoms with Crippen molar-refractivity contribution >= 4 is 23.2 Å². The molecule has 7 heteroatoms. The maximum Gasteiger partial charge on any atom is 0.260 e. The minimum absolute atomic E-state index is 0.144. The highest BCUT2D eigenvalue weighted by Gasteiger charge is 2.13. The van der Waals surface area contributed by atoms with Gasteiger partial charge in [0.25, 0.3) is 5.91 Å². The standard InChI is InChI=1S/C19H16FN3O3/c1-12-17(11-21-26-12)19(25)23-16-8-6-15(7-9-16)22-18(24)10-13-2-4-14(20)5-3-13/h2-9,11H,10H2,1H3,(H,22,24)(H,23,25). The highest BCUT2D eigenvalue weighted by molar-refractivity contribution is 6.04. The number of nitrogens with zero attached hydrogens (tertiary/aromatic N) is 1. The first kappa shape index (κ1) is 17.3. The van der Waals surface area contributed by atoms with Gasteiger partial charge in [-0.1, -0.05) is 17.3 Å². The normalized spacial score (nSPS) is 10.4. The number of carbonyl (C=O) groups is 2. The molecule has 0 spiro atoms. The van der Waals surface area contributed by atoms with Gasteiger partial charge in [0.2, 0.25) is 5.91 Å². The highest BCUT2D eigenvalue weighted by atomic mass is 19.1. The summed E-state index contributed by atoms with van der Waals surface area (Å²) in [6.07, 6.45) is 1.50. The number of halogens is 1. The SMILES string of the molecule is Cc1oncc1C(=O)Nc1ccc(NC(=O)Cc2ccc(F)cc2)cc1. The fourth-order valence-electron chi connectivity index (χ4n) is 2.34. The van der Waals surface area contributed by atoms with Crippen molar-refractivity contribution in [1.29, 1.82) is 0 Å². The second-order valence-electron chi connectivity index (χ2n) is 5.68. The maximum absolute atomic E-state index is 12.9. The molecule has 1 aromatic heterocycles. The largest absolute Gasteiger partial charge is 0.361 e. The van der Waals surface area contributed by atoms with Gasteiger partial charge in [0.05, 0.1) is 12.6 Å². The molecule has 0 aliphatic carbocycles. The molecule has 0 unspecified atom stereocenters. The number of amides is 2. The van der Waals surface area contributed by atoms with Gasteiger partial charge in [-0.2, -0.15) is 0 Å². The van der Waals surface area contributed by atoms with Crippen molar-refractivity contribution < 1.29 is 18.5 Å². The highest BCUT2D eigenvalue weighted by Crippen LogP contribution is 2.16. The number of rotatable bonds is 5. The quantitative estimate of drug-likeness (QED) is 0.735. The minimum Gasteiger partial charge on any atom is -0.361 e. The van der Waals surface area contributed by atoms with Crippen molar-refractivity contribution in [3.63, 3.8) is 0 Å². The van der Waals surface area contributed by atoms with E-state index in [1.807, 2.05) is 0 Å². The van der Waals surface area contributed by atoms with Crippen molar-refractivity contribution in [3.05, 3.63) is 77.4 Å². The lowest BCUT2D eigenvalue weighted by molar-refractivity contribution is -0.115. The Kier molecular flexibility index (Phi) is 5.07. The molecule has 0 radical (unpaired) electrons. The van der Waals surface area contributed by atoms with E-state index in [0.717, 1.165) is 5.56 Å². The van der Waals surface area contributed by atoms with E-state index in [0.29, 0.717) is 22.7 Å². The average molecular weight is 353 g/mol. The van der Waals surface area contributed by atoms with Gasteiger partial charge in [-0.25, -0.2) is 4.39 Å². The van der Waals surface area contributed by atoms with Crippen LogP contribution in [0, 0.1) is 12.7 Å². The summed E-state index contributed by atoms with van der Waals surface area (Å²) in [7, 11) is 0. The maximum atomic E-state index is 12.9. The minimum atomic E-state index is -0.340. The molecule has 2 amide bonds. The van der Waals surface area contributed by atoms with E-state index in [4.69, 9.17) is 4.52 Å². The van der Waals surface area contributed by atoms with Crippen molar-refractivity contribution in [2.75, 3.05) is 10.6 Å². The zero-order valence-corrected chi connectivity index (χ0v) is 14.0. The van der Waals surface area contributed by atoms with Gasteiger partial charge >= 0.3 is 0 Å². The molecule has 0 aliphatic heterocycles. The van der Waals surface area contributed by atoms with Crippen molar-refractivity contribution in [2.24, 2.45) is 0 Å². The second-order valence-corrected chi connectivity index (χ2v) is 5.68. The Hall–Kier alpha value is -3.48. The first-order chi connectivity index (χ1) is 12.5. The van der Waals surface area contributed by atoms with E-state index in [1.54, 1.807) is 43.3 Å². The molecular formula is C19H16FN3O3. The lowest BCUT2D eigenvalue weighted by atomic mass is 10.1. The number of hydrogen-bond donors (Lipinski definition) is 2. The number of hydrogen-bond acceptors (Lipinski definition) is 4. The molecule has 0 bridgehead atoms. The van der Waals surface area contributed by atoms with Crippen LogP contribution in [0.4, 0.5) is 15.8 Å². The van der Waals surface area contributed by atoms with Crippen LogP contribution in [0.1, 0.15) is 21.7 Å². The number of anilines is 2. The molecule has 0 saturated heterocycles. The van der Waals surface area contributed by atoms with Gasteiger partial charge in [-0.05, 0) is 48.9 Å². The number of nitrogens with one attached hydrogen (secondary N) is 2. The van der Waals surface area contributed by atoms with E-state index in [9.17, 15) is 14.0 Å². The molecule has 2 N–H and O–H groups in total. The summed E-state index contributed by atoms with van der Waals surface area (Å²) in [6.45, 7) is 1.65. The number of aryl methyl sites for hydroxylation is 1. The van der Waals surface area contributed by atoms with Gasteiger partial charge in [0.15, 0.2) is 0 Å². The Balaban J connectivity index is 1.57. The summed E-state index contributed by atoms with van der Waals surface area (Å²) < 4.78 is 17.7. The molecule has 1 heterocycles. The monoisotopic (exact) mass is 353 g/mol. The summed E-state index contributed by atoms with van der Waals surface area (Å²) in [6, 6.07) is 12.5. The lowest BCUT2D eigenvalue weighted by Crippen LogP contribution is -2.15. The third kappa shape index (κ3) is 4.32. The van der Waals surface area contributed by atoms with Gasteiger partial charge in [-0.15, -0.1) is 0 Å². The predicted octanol–water partition coefficient (Wildman–Crippen LogP) is 3.56. The molecule has 3 aromatic rings. The van der Waals surface area contributed by atoms with E-state index < -0.39 is 0 Å². The fraction of sp³-hybridized carbons (Fsp3) is 0.105. The van der Waals surface area contributed by atoms with E-state index >= 15 is 0 Å². The Morgan fingerprint density at radius 1 is 1.00 bits per heavy atom. The van der Waals surface area contributed by atoms with Crippen LogP contribution in [-0.2, 0) is 11.2 Å². The van der Waals surface area contributed by atoms with Crippen LogP contribution in [0.25, 0.3) is 0 Å². The third-order valence-electron chi connectivity index (χ3n) is 3.70. The van der Waals surface area contributed by atoms with Crippen LogP contribution in [0.5, 0.6) is 0 Å². The Morgan fingerprint density at radius 3 is 2.19 bits per heavy atom. The molecule has 0 saturated carbocycles. The number of carbonyl (C=O) groups excluding carboxylic acids is 2. The lowest BCUT2D eigenvalue weighted by Gasteiger charge is -2.08. The molecule has 3 rings (SSSR count). The van der Waals surface area contributed by atoms with Crippen LogP contribution < -0.4 is 10.6 Å². The molecule has 0 atom stereocenters. The molecule has 26 heavy (non-hydrogen) atoms. The first-order valence-electron chi connectivity index (χ1n) is 7.88. The van der Waals surface area contributed by atoms with Crippen LogP contribution in [0.2, 0.25) is 0 Å². The van der Waals surface area contributed by atoms with Crippen molar-refractivity contribution in [1.82, 2.24) is 5.16 Å². The molecule has 0 fully saturated rings. The summed E-state index contributed by atoms with van der Waals surface area (Å²) in [5.41, 5.74) is 2.25. The number of aromatic nitrogens is 1. The van der Waals surface area contributed by atoms with Crippen LogP contribution in [0.3, 0.4) is 0 Å². The Bertz CT molecular complexity index is 918. The second kappa shape index (κ2) is 7.60. The van der Waals surface area contributed by atoms with E-state index in [2.05, 4.69) is 15.8 Å². The Labute approximate surface area is 149 Å². The summed E-state index contributed by atoms with van der Waals surface area (Å²) in [4.78, 5) is 24.1. The molecule has 6 nitrogen and oxygen atoms in total. The first-order valence-corrected chi connectivity index (χ1v) is 7.88. The predicted molar refractivity (Wildman–Crippen MR) is 94.4 cm³/mol. The summed E-state index contributed by atoms with van der Waals surface area (Å²) >= 11 is 0. The van der Waals surface area contributed by atoms with E-state index in [-0.39, 0.29) is 24.1 Å². The molecule has 0 aliphatic rings. The fourth-order valence-corrected chi connectivity index (χ4v) is 2.34. The van der Waals surface area contributed by atoms with Gasteiger partial charge in [-0.3, -0.25) is 9.59 Å². The zero-order valence-electron chi connectivity index (χ0n) is 14.0. The van der Waals surface area contributed by atoms with Crippen molar-refractivity contribution in [2.45, 2.75) is 13.3 Å². The average Bonchev–Trinajstić information content (AvgIpc) is 3.05. The number of benzene rings is 2. The van der Waals surface area contributed by atoms with Crippen LogP contribution in [-0.4, -0.2) is 17.0 Å². The summed E-state index contributed by atoms with van der Waals surface area (Å²) in [5.74, 6) is -0.439. The molecule has 132 valence electrons.